The summed E-state index contributed by atoms with van der Waals surface area (Å²) in [4.78, 5) is 25.4. The van der Waals surface area contributed by atoms with Gasteiger partial charge >= 0.3 is 7.12 Å². The SMILES string of the molecule is Cc1ccc(B(O)O)cc1C1C(=O)C(C)(C)OC(C)(C)C1=O. The molecule has 1 aromatic carbocycles. The normalized spacial score (nSPS) is 21.0. The maximum Gasteiger partial charge on any atom is 0.488 e. The summed E-state index contributed by atoms with van der Waals surface area (Å²) in [5.41, 5.74) is -0.650. The molecule has 0 atom stereocenters. The van der Waals surface area contributed by atoms with Crippen molar-refractivity contribution in [2.75, 3.05) is 0 Å². The summed E-state index contributed by atoms with van der Waals surface area (Å²) in [7, 11) is -1.65. The average molecular weight is 304 g/mol. The van der Waals surface area contributed by atoms with Gasteiger partial charge in [-0.15, -0.1) is 0 Å². The lowest BCUT2D eigenvalue weighted by Crippen LogP contribution is -2.58. The molecule has 1 saturated heterocycles. The number of Topliss-reactive ketones (excluding diaryl/α,β-unsaturated/α-hetero) is 2. The number of aryl methyl sites for hydroxylation is 1. The van der Waals surface area contributed by atoms with Crippen molar-refractivity contribution in [1.29, 1.82) is 0 Å². The standard InChI is InChI=1S/C16H21BO5/c1-9-6-7-10(17(20)21)8-11(9)12-13(18)15(2,3)22-16(4,5)14(12)19/h6-8,12,20-21H,1-5H3. The van der Waals surface area contributed by atoms with Gasteiger partial charge in [-0.1, -0.05) is 18.2 Å². The lowest BCUT2D eigenvalue weighted by Gasteiger charge is -2.43. The quantitative estimate of drug-likeness (QED) is 0.613. The van der Waals surface area contributed by atoms with Crippen LogP contribution in [0.1, 0.15) is 44.7 Å². The molecule has 1 fully saturated rings. The lowest BCUT2D eigenvalue weighted by atomic mass is 9.71. The minimum absolute atomic E-state index is 0.253. The number of hydrogen-bond acceptors (Lipinski definition) is 5. The Morgan fingerprint density at radius 3 is 2.00 bits per heavy atom. The molecule has 1 aliphatic heterocycles. The van der Waals surface area contributed by atoms with Crippen LogP contribution in [0, 0.1) is 6.92 Å². The van der Waals surface area contributed by atoms with Gasteiger partial charge in [0.05, 0.1) is 0 Å². The Bertz CT molecular complexity index is 607. The first-order valence-corrected chi connectivity index (χ1v) is 7.23. The van der Waals surface area contributed by atoms with E-state index in [1.54, 1.807) is 46.8 Å². The van der Waals surface area contributed by atoms with Gasteiger partial charge in [0.15, 0.2) is 11.6 Å². The second-order valence-corrected chi connectivity index (χ2v) is 6.77. The van der Waals surface area contributed by atoms with Crippen LogP contribution in [0.3, 0.4) is 0 Å². The van der Waals surface area contributed by atoms with Crippen molar-refractivity contribution in [2.24, 2.45) is 0 Å². The maximum atomic E-state index is 12.7. The molecule has 118 valence electrons. The summed E-state index contributed by atoms with van der Waals surface area (Å²) in [6.07, 6.45) is 0. The highest BCUT2D eigenvalue weighted by Crippen LogP contribution is 2.39. The van der Waals surface area contributed by atoms with E-state index < -0.39 is 24.2 Å². The summed E-state index contributed by atoms with van der Waals surface area (Å²) in [6, 6.07) is 4.76. The third-order valence-corrected chi connectivity index (χ3v) is 4.13. The van der Waals surface area contributed by atoms with E-state index in [2.05, 4.69) is 0 Å². The zero-order valence-corrected chi connectivity index (χ0v) is 13.5. The molecule has 22 heavy (non-hydrogen) atoms. The van der Waals surface area contributed by atoms with E-state index in [1.807, 2.05) is 0 Å². The van der Waals surface area contributed by atoms with Crippen LogP contribution in [0.15, 0.2) is 18.2 Å². The Hall–Kier alpha value is -1.50. The highest BCUT2D eigenvalue weighted by molar-refractivity contribution is 6.58. The predicted molar refractivity (Wildman–Crippen MR) is 83.0 cm³/mol. The number of hydrogen-bond donors (Lipinski definition) is 2. The number of benzene rings is 1. The largest absolute Gasteiger partial charge is 0.488 e. The Morgan fingerprint density at radius 1 is 1.05 bits per heavy atom. The van der Waals surface area contributed by atoms with Gasteiger partial charge in [0, 0.05) is 0 Å². The highest BCUT2D eigenvalue weighted by atomic mass is 16.5. The monoisotopic (exact) mass is 304 g/mol. The van der Waals surface area contributed by atoms with Crippen molar-refractivity contribution in [3.63, 3.8) is 0 Å². The first-order chi connectivity index (χ1) is 9.97. The third-order valence-electron chi connectivity index (χ3n) is 4.13. The van der Waals surface area contributed by atoms with Crippen molar-refractivity contribution in [1.82, 2.24) is 0 Å². The average Bonchev–Trinajstić information content (AvgIpc) is 2.38. The number of carbonyl (C=O) groups excluding carboxylic acids is 2. The molecule has 0 aliphatic carbocycles. The second-order valence-electron chi connectivity index (χ2n) is 6.77. The van der Waals surface area contributed by atoms with Crippen LogP contribution in [0.5, 0.6) is 0 Å². The fourth-order valence-corrected chi connectivity index (χ4v) is 2.97. The van der Waals surface area contributed by atoms with Gasteiger partial charge in [-0.2, -0.15) is 0 Å². The van der Waals surface area contributed by atoms with Crippen LogP contribution in [0.25, 0.3) is 0 Å². The molecule has 1 heterocycles. The van der Waals surface area contributed by atoms with Crippen LogP contribution >= 0.6 is 0 Å². The summed E-state index contributed by atoms with van der Waals surface area (Å²) in [5, 5.41) is 18.7. The molecule has 0 unspecified atom stereocenters. The van der Waals surface area contributed by atoms with Crippen LogP contribution in [0.4, 0.5) is 0 Å². The third kappa shape index (κ3) is 2.74. The first kappa shape index (κ1) is 16.9. The molecule has 6 heteroatoms. The van der Waals surface area contributed by atoms with Gasteiger partial charge in [0.1, 0.15) is 17.1 Å². The Labute approximate surface area is 130 Å². The Morgan fingerprint density at radius 2 is 1.55 bits per heavy atom. The van der Waals surface area contributed by atoms with Crippen LogP contribution < -0.4 is 5.46 Å². The van der Waals surface area contributed by atoms with Gasteiger partial charge < -0.3 is 14.8 Å². The molecule has 0 spiro atoms. The molecule has 0 aromatic heterocycles. The lowest BCUT2D eigenvalue weighted by molar-refractivity contribution is -0.184. The predicted octanol–water partition coefficient (Wildman–Crippen LogP) is 0.484. The zero-order chi connectivity index (χ0) is 16.9. The van der Waals surface area contributed by atoms with Gasteiger partial charge in [0.2, 0.25) is 0 Å². The molecule has 0 radical (unpaired) electrons. The van der Waals surface area contributed by atoms with Gasteiger partial charge in [-0.25, -0.2) is 0 Å². The van der Waals surface area contributed by atoms with E-state index in [1.165, 1.54) is 6.07 Å². The molecule has 2 N–H and O–H groups in total. The van der Waals surface area contributed by atoms with E-state index in [-0.39, 0.29) is 17.0 Å². The summed E-state index contributed by atoms with van der Waals surface area (Å²) < 4.78 is 5.66. The second kappa shape index (κ2) is 5.30. The van der Waals surface area contributed by atoms with Crippen molar-refractivity contribution < 1.29 is 24.4 Å². The minimum Gasteiger partial charge on any atom is -0.423 e. The molecule has 0 saturated carbocycles. The molecular formula is C16H21BO5. The van der Waals surface area contributed by atoms with Crippen LogP contribution in [-0.4, -0.2) is 39.9 Å². The van der Waals surface area contributed by atoms with Crippen molar-refractivity contribution >= 4 is 24.1 Å². The van der Waals surface area contributed by atoms with Crippen LogP contribution in [-0.2, 0) is 14.3 Å². The van der Waals surface area contributed by atoms with E-state index in [9.17, 15) is 19.6 Å². The molecule has 1 aliphatic rings. The number of ketones is 2. The van der Waals surface area contributed by atoms with Gasteiger partial charge in [0.25, 0.3) is 0 Å². The molecule has 0 bridgehead atoms. The molecular weight excluding hydrogens is 283 g/mol. The van der Waals surface area contributed by atoms with E-state index >= 15 is 0 Å². The summed E-state index contributed by atoms with van der Waals surface area (Å²) in [6.45, 7) is 8.39. The van der Waals surface area contributed by atoms with E-state index in [0.717, 1.165) is 5.56 Å². The zero-order valence-electron chi connectivity index (χ0n) is 13.5. The number of rotatable bonds is 2. The van der Waals surface area contributed by atoms with E-state index in [0.29, 0.717) is 5.56 Å². The summed E-state index contributed by atoms with van der Waals surface area (Å²) >= 11 is 0. The molecule has 0 amide bonds. The summed E-state index contributed by atoms with van der Waals surface area (Å²) in [5.74, 6) is -1.59. The van der Waals surface area contributed by atoms with Crippen molar-refractivity contribution in [3.05, 3.63) is 29.3 Å². The smallest absolute Gasteiger partial charge is 0.423 e. The molecule has 5 nitrogen and oxygen atoms in total. The van der Waals surface area contributed by atoms with Crippen LogP contribution in [0.2, 0.25) is 0 Å². The highest BCUT2D eigenvalue weighted by Gasteiger charge is 2.53. The molecule has 2 rings (SSSR count). The van der Waals surface area contributed by atoms with Gasteiger partial charge in [-0.3, -0.25) is 9.59 Å². The number of ether oxygens (including phenoxy) is 1. The number of carbonyl (C=O) groups is 2. The van der Waals surface area contributed by atoms with Crippen molar-refractivity contribution in [2.45, 2.75) is 51.7 Å². The fraction of sp³-hybridized carbons (Fsp3) is 0.500. The Balaban J connectivity index is 2.60. The maximum absolute atomic E-state index is 12.7. The fourth-order valence-electron chi connectivity index (χ4n) is 2.97. The van der Waals surface area contributed by atoms with Gasteiger partial charge in [-0.05, 0) is 51.2 Å². The van der Waals surface area contributed by atoms with E-state index in [4.69, 9.17) is 4.74 Å². The first-order valence-electron chi connectivity index (χ1n) is 7.23. The topological polar surface area (TPSA) is 83.8 Å². The van der Waals surface area contributed by atoms with Crippen molar-refractivity contribution in [3.8, 4) is 0 Å². The molecule has 1 aromatic rings. The Kier molecular flexibility index (Phi) is 4.06. The minimum atomic E-state index is -1.65.